The van der Waals surface area contributed by atoms with Crippen molar-refractivity contribution in [1.82, 2.24) is 0 Å². The lowest BCUT2D eigenvalue weighted by molar-refractivity contribution is 0.0971. The van der Waals surface area contributed by atoms with E-state index >= 15 is 0 Å². The predicted molar refractivity (Wildman–Crippen MR) is 158 cm³/mol. The number of amides is 1. The Labute approximate surface area is 239 Å². The van der Waals surface area contributed by atoms with Gasteiger partial charge in [0.1, 0.15) is 12.2 Å². The Morgan fingerprint density at radius 2 is 1.65 bits per heavy atom. The SMILES string of the molecule is CCOc1cc(C2c3c(oc4ccc(C)cc4c3=O)C(=O)N2c2ccc(Br)cc2)ccc1OCc1ccccc1. The van der Waals surface area contributed by atoms with E-state index in [1.54, 1.807) is 17.0 Å². The zero-order chi connectivity index (χ0) is 27.8. The molecular formula is C33H26BrNO5. The largest absolute Gasteiger partial charge is 0.490 e. The van der Waals surface area contributed by atoms with E-state index in [0.29, 0.717) is 52.5 Å². The molecule has 5 aromatic rings. The van der Waals surface area contributed by atoms with Gasteiger partial charge in [0, 0.05) is 10.2 Å². The summed E-state index contributed by atoms with van der Waals surface area (Å²) in [4.78, 5) is 29.5. The fourth-order valence-corrected chi connectivity index (χ4v) is 5.35. The molecule has 1 aliphatic heterocycles. The van der Waals surface area contributed by atoms with Gasteiger partial charge in [0.05, 0.1) is 23.6 Å². The van der Waals surface area contributed by atoms with Crippen molar-refractivity contribution < 1.29 is 18.7 Å². The molecule has 1 atom stereocenters. The molecule has 4 aromatic carbocycles. The highest BCUT2D eigenvalue weighted by Crippen LogP contribution is 2.43. The number of ether oxygens (including phenoxy) is 2. The van der Waals surface area contributed by atoms with Crippen LogP contribution >= 0.6 is 15.9 Å². The van der Waals surface area contributed by atoms with Crippen molar-refractivity contribution >= 4 is 38.5 Å². The summed E-state index contributed by atoms with van der Waals surface area (Å²) in [7, 11) is 0. The molecule has 1 aliphatic rings. The lowest BCUT2D eigenvalue weighted by Crippen LogP contribution is -2.29. The molecular weight excluding hydrogens is 570 g/mol. The monoisotopic (exact) mass is 595 g/mol. The fraction of sp³-hybridized carbons (Fsp3) is 0.152. The maximum Gasteiger partial charge on any atom is 0.295 e. The summed E-state index contributed by atoms with van der Waals surface area (Å²) < 4.78 is 19.1. The molecule has 0 aliphatic carbocycles. The fourth-order valence-electron chi connectivity index (χ4n) is 5.09. The lowest BCUT2D eigenvalue weighted by Gasteiger charge is -2.26. The number of nitrogens with zero attached hydrogens (tertiary/aromatic N) is 1. The van der Waals surface area contributed by atoms with Crippen LogP contribution in [0.3, 0.4) is 0 Å². The van der Waals surface area contributed by atoms with Gasteiger partial charge in [0.2, 0.25) is 5.76 Å². The maximum absolute atomic E-state index is 14.0. The summed E-state index contributed by atoms with van der Waals surface area (Å²) in [5.74, 6) is 0.796. The molecule has 0 N–H and O–H groups in total. The van der Waals surface area contributed by atoms with Crippen LogP contribution in [0.15, 0.2) is 105 Å². The molecule has 1 unspecified atom stereocenters. The van der Waals surface area contributed by atoms with Crippen LogP contribution in [-0.4, -0.2) is 12.5 Å². The highest BCUT2D eigenvalue weighted by atomic mass is 79.9. The van der Waals surface area contributed by atoms with Gasteiger partial charge in [-0.15, -0.1) is 0 Å². The first-order valence-corrected chi connectivity index (χ1v) is 13.8. The lowest BCUT2D eigenvalue weighted by atomic mass is 9.97. The molecule has 6 rings (SSSR count). The molecule has 1 aromatic heterocycles. The molecule has 0 radical (unpaired) electrons. The number of rotatable bonds is 7. The van der Waals surface area contributed by atoms with Crippen LogP contribution in [0.5, 0.6) is 11.5 Å². The van der Waals surface area contributed by atoms with E-state index in [1.807, 2.05) is 92.7 Å². The zero-order valence-corrected chi connectivity index (χ0v) is 23.6. The molecule has 0 saturated carbocycles. The van der Waals surface area contributed by atoms with Gasteiger partial charge in [-0.05, 0) is 73.5 Å². The van der Waals surface area contributed by atoms with E-state index in [4.69, 9.17) is 13.9 Å². The average molecular weight is 596 g/mol. The third kappa shape index (κ3) is 4.67. The third-order valence-electron chi connectivity index (χ3n) is 6.95. The Morgan fingerprint density at radius 3 is 2.40 bits per heavy atom. The smallest absolute Gasteiger partial charge is 0.295 e. The highest BCUT2D eigenvalue weighted by Gasteiger charge is 2.44. The predicted octanol–water partition coefficient (Wildman–Crippen LogP) is 7.59. The Bertz CT molecular complexity index is 1780. The quantitative estimate of drug-likeness (QED) is 0.194. The molecule has 200 valence electrons. The van der Waals surface area contributed by atoms with Crippen molar-refractivity contribution in [2.45, 2.75) is 26.5 Å². The van der Waals surface area contributed by atoms with Gasteiger partial charge in [-0.3, -0.25) is 14.5 Å². The molecule has 7 heteroatoms. The molecule has 2 heterocycles. The van der Waals surface area contributed by atoms with Crippen molar-refractivity contribution in [2.75, 3.05) is 11.5 Å². The number of hydrogen-bond acceptors (Lipinski definition) is 5. The van der Waals surface area contributed by atoms with Crippen LogP contribution in [0.4, 0.5) is 5.69 Å². The third-order valence-corrected chi connectivity index (χ3v) is 7.48. The van der Waals surface area contributed by atoms with Crippen LogP contribution < -0.4 is 19.8 Å². The summed E-state index contributed by atoms with van der Waals surface area (Å²) in [6, 6.07) is 27.6. The molecule has 0 fully saturated rings. The number of fused-ring (bicyclic) bond motifs is 2. The minimum atomic E-state index is -0.716. The second-order valence-corrected chi connectivity index (χ2v) is 10.6. The van der Waals surface area contributed by atoms with Gasteiger partial charge in [-0.2, -0.15) is 0 Å². The number of anilines is 1. The van der Waals surface area contributed by atoms with Gasteiger partial charge in [-0.25, -0.2) is 0 Å². The minimum Gasteiger partial charge on any atom is -0.490 e. The van der Waals surface area contributed by atoms with Gasteiger partial charge in [0.25, 0.3) is 5.91 Å². The molecule has 40 heavy (non-hydrogen) atoms. The summed E-state index contributed by atoms with van der Waals surface area (Å²) in [5.41, 5.74) is 3.80. The molecule has 0 saturated heterocycles. The summed E-state index contributed by atoms with van der Waals surface area (Å²) in [6.07, 6.45) is 0. The number of carbonyl (C=O) groups is 1. The second kappa shape index (κ2) is 10.7. The van der Waals surface area contributed by atoms with Crippen molar-refractivity contribution in [2.24, 2.45) is 0 Å². The van der Waals surface area contributed by atoms with Crippen LogP contribution in [0, 0.1) is 6.92 Å². The van der Waals surface area contributed by atoms with E-state index < -0.39 is 6.04 Å². The minimum absolute atomic E-state index is 0.0524. The number of hydrogen-bond donors (Lipinski definition) is 0. The van der Waals surface area contributed by atoms with Crippen molar-refractivity contribution in [3.63, 3.8) is 0 Å². The van der Waals surface area contributed by atoms with Crippen LogP contribution in [0.25, 0.3) is 11.0 Å². The first kappa shape index (κ1) is 25.9. The Balaban J connectivity index is 1.50. The topological polar surface area (TPSA) is 69.0 Å². The highest BCUT2D eigenvalue weighted by molar-refractivity contribution is 9.10. The van der Waals surface area contributed by atoms with E-state index in [-0.39, 0.29) is 17.1 Å². The van der Waals surface area contributed by atoms with Crippen LogP contribution in [-0.2, 0) is 6.61 Å². The molecule has 0 bridgehead atoms. The van der Waals surface area contributed by atoms with Crippen molar-refractivity contribution in [1.29, 1.82) is 0 Å². The number of halogens is 1. The van der Waals surface area contributed by atoms with Gasteiger partial charge in [0.15, 0.2) is 16.9 Å². The summed E-state index contributed by atoms with van der Waals surface area (Å²) in [6.45, 7) is 4.63. The van der Waals surface area contributed by atoms with E-state index in [9.17, 15) is 9.59 Å². The van der Waals surface area contributed by atoms with E-state index in [0.717, 1.165) is 15.6 Å². The first-order chi connectivity index (χ1) is 19.4. The number of benzene rings is 4. The van der Waals surface area contributed by atoms with Crippen molar-refractivity contribution in [3.05, 3.63) is 134 Å². The molecule has 0 spiro atoms. The number of aryl methyl sites for hydroxylation is 1. The maximum atomic E-state index is 14.0. The average Bonchev–Trinajstić information content (AvgIpc) is 3.26. The Kier molecular flexibility index (Phi) is 6.90. The Morgan fingerprint density at radius 1 is 0.875 bits per heavy atom. The summed E-state index contributed by atoms with van der Waals surface area (Å²) in [5, 5.41) is 0.446. The van der Waals surface area contributed by atoms with Crippen LogP contribution in [0.1, 0.15) is 45.8 Å². The van der Waals surface area contributed by atoms with Gasteiger partial charge >= 0.3 is 0 Å². The zero-order valence-electron chi connectivity index (χ0n) is 22.0. The van der Waals surface area contributed by atoms with Crippen LogP contribution in [0.2, 0.25) is 0 Å². The molecule has 6 nitrogen and oxygen atoms in total. The van der Waals surface area contributed by atoms with Crippen molar-refractivity contribution in [3.8, 4) is 11.5 Å². The molecule has 1 amide bonds. The van der Waals surface area contributed by atoms with E-state index in [1.165, 1.54) is 0 Å². The summed E-state index contributed by atoms with van der Waals surface area (Å²) >= 11 is 3.47. The second-order valence-electron chi connectivity index (χ2n) is 9.64. The normalized spacial score (nSPS) is 14.4. The Hall–Kier alpha value is -4.36. The standard InChI is InChI=1S/C33H26BrNO5/c1-3-38-28-18-22(10-16-27(28)39-19-21-7-5-4-6-8-21)30-29-31(36)25-17-20(2)9-15-26(25)40-32(29)33(37)35(30)24-13-11-23(34)12-14-24/h4-18,30H,3,19H2,1-2H3. The van der Waals surface area contributed by atoms with Gasteiger partial charge in [-0.1, -0.05) is 64.0 Å². The number of carbonyl (C=O) groups excluding carboxylic acids is 1. The first-order valence-electron chi connectivity index (χ1n) is 13.0. The van der Waals surface area contributed by atoms with Gasteiger partial charge < -0.3 is 13.9 Å². The van der Waals surface area contributed by atoms with E-state index in [2.05, 4.69) is 15.9 Å².